The molecule has 2 aliphatic heterocycles. The predicted molar refractivity (Wildman–Crippen MR) is 132 cm³/mol. The number of hydrogen-bond acceptors (Lipinski definition) is 5. The minimum absolute atomic E-state index is 0.149. The summed E-state index contributed by atoms with van der Waals surface area (Å²) in [7, 11) is 0. The topological polar surface area (TPSA) is 61.4 Å². The Bertz CT molecular complexity index is 698. The van der Waals surface area contributed by atoms with Crippen LogP contribution in [0.25, 0.3) is 0 Å². The van der Waals surface area contributed by atoms with Crippen molar-refractivity contribution in [1.82, 2.24) is 20.4 Å². The smallest absolute Gasteiger partial charge is 0.191 e. The summed E-state index contributed by atoms with van der Waals surface area (Å²) in [6.07, 6.45) is 3.47. The first-order valence-electron chi connectivity index (χ1n) is 12.5. The highest BCUT2D eigenvalue weighted by Crippen LogP contribution is 2.24. The number of aliphatic imine (C=N–C) groups is 1. The maximum absolute atomic E-state index is 6.22. The van der Waals surface area contributed by atoms with Crippen LogP contribution in [-0.2, 0) is 11.3 Å². The van der Waals surface area contributed by atoms with Crippen LogP contribution in [0.5, 0.6) is 5.75 Å². The first-order valence-corrected chi connectivity index (χ1v) is 12.5. The number of ether oxygens (including phenoxy) is 2. The van der Waals surface area contributed by atoms with E-state index in [1.54, 1.807) is 0 Å². The van der Waals surface area contributed by atoms with Crippen LogP contribution in [0.15, 0.2) is 23.2 Å². The van der Waals surface area contributed by atoms with Crippen molar-refractivity contribution in [2.24, 2.45) is 4.99 Å². The molecule has 0 spiro atoms. The van der Waals surface area contributed by atoms with Crippen molar-refractivity contribution >= 4 is 5.96 Å². The average molecular weight is 446 g/mol. The van der Waals surface area contributed by atoms with Crippen LogP contribution in [0.4, 0.5) is 0 Å². The summed E-state index contributed by atoms with van der Waals surface area (Å²) < 4.78 is 11.7. The van der Waals surface area contributed by atoms with E-state index < -0.39 is 0 Å². The molecule has 0 radical (unpaired) electrons. The second-order valence-corrected chi connectivity index (χ2v) is 8.82. The number of benzene rings is 1. The number of hydrogen-bond donors (Lipinski definition) is 2. The van der Waals surface area contributed by atoms with Gasteiger partial charge in [0.25, 0.3) is 0 Å². The van der Waals surface area contributed by atoms with Crippen LogP contribution in [0.2, 0.25) is 0 Å². The summed E-state index contributed by atoms with van der Waals surface area (Å²) in [4.78, 5) is 9.95. The Kier molecular flexibility index (Phi) is 10.6. The zero-order chi connectivity index (χ0) is 22.6. The number of nitrogens with zero attached hydrogens (tertiary/aromatic N) is 3. The Morgan fingerprint density at radius 3 is 2.66 bits per heavy atom. The lowest BCUT2D eigenvalue weighted by molar-refractivity contribution is 0.136. The first-order chi connectivity index (χ1) is 15.7. The lowest BCUT2D eigenvalue weighted by Crippen LogP contribution is -2.46. The van der Waals surface area contributed by atoms with Crippen molar-refractivity contribution in [2.75, 3.05) is 65.6 Å². The number of piperazine rings is 1. The third-order valence-corrected chi connectivity index (χ3v) is 6.26. The summed E-state index contributed by atoms with van der Waals surface area (Å²) in [5.74, 6) is 1.81. The molecule has 0 bridgehead atoms. The second kappa shape index (κ2) is 13.7. The van der Waals surface area contributed by atoms with E-state index >= 15 is 0 Å². The first kappa shape index (κ1) is 24.8. The van der Waals surface area contributed by atoms with E-state index in [2.05, 4.69) is 59.4 Å². The number of aryl methyl sites for hydroxylation is 1. The van der Waals surface area contributed by atoms with Crippen molar-refractivity contribution in [1.29, 1.82) is 0 Å². The minimum atomic E-state index is 0.149. The average Bonchev–Trinajstić information content (AvgIpc) is 3.31. The van der Waals surface area contributed by atoms with Gasteiger partial charge in [0.15, 0.2) is 5.96 Å². The van der Waals surface area contributed by atoms with Gasteiger partial charge in [-0.3, -0.25) is 0 Å². The molecule has 3 rings (SSSR count). The minimum Gasteiger partial charge on any atom is -0.488 e. The van der Waals surface area contributed by atoms with E-state index in [0.29, 0.717) is 13.2 Å². The Morgan fingerprint density at radius 1 is 1.12 bits per heavy atom. The van der Waals surface area contributed by atoms with E-state index in [1.165, 1.54) is 51.3 Å². The van der Waals surface area contributed by atoms with Gasteiger partial charge in [0, 0.05) is 51.3 Å². The molecule has 0 amide bonds. The highest BCUT2D eigenvalue weighted by molar-refractivity contribution is 5.79. The molecule has 1 aromatic carbocycles. The highest BCUT2D eigenvalue weighted by Gasteiger charge is 2.19. The fourth-order valence-corrected chi connectivity index (χ4v) is 4.19. The van der Waals surface area contributed by atoms with Gasteiger partial charge in [0.1, 0.15) is 11.9 Å². The lowest BCUT2D eigenvalue weighted by atomic mass is 10.1. The molecule has 2 fully saturated rings. The third-order valence-electron chi connectivity index (χ3n) is 6.26. The van der Waals surface area contributed by atoms with Crippen molar-refractivity contribution in [3.63, 3.8) is 0 Å². The molecule has 32 heavy (non-hydrogen) atoms. The number of guanidine groups is 1. The fourth-order valence-electron chi connectivity index (χ4n) is 4.19. The third kappa shape index (κ3) is 8.26. The van der Waals surface area contributed by atoms with E-state index in [4.69, 9.17) is 14.5 Å². The van der Waals surface area contributed by atoms with E-state index in [1.807, 2.05) is 0 Å². The van der Waals surface area contributed by atoms with Crippen molar-refractivity contribution in [2.45, 2.75) is 52.7 Å². The molecule has 0 aliphatic carbocycles. The van der Waals surface area contributed by atoms with Gasteiger partial charge >= 0.3 is 0 Å². The number of unbranched alkanes of at least 4 members (excludes halogenated alkanes) is 1. The largest absolute Gasteiger partial charge is 0.488 e. The molecule has 1 atom stereocenters. The molecule has 7 nitrogen and oxygen atoms in total. The van der Waals surface area contributed by atoms with Crippen LogP contribution in [0.1, 0.15) is 44.2 Å². The molecule has 7 heteroatoms. The monoisotopic (exact) mass is 445 g/mol. The molecule has 0 saturated carbocycles. The summed E-state index contributed by atoms with van der Waals surface area (Å²) in [5, 5.41) is 6.87. The van der Waals surface area contributed by atoms with Gasteiger partial charge in [0.05, 0.1) is 19.8 Å². The van der Waals surface area contributed by atoms with Crippen molar-refractivity contribution in [3.05, 3.63) is 29.3 Å². The van der Waals surface area contributed by atoms with Crippen LogP contribution in [0, 0.1) is 6.92 Å². The molecule has 2 heterocycles. The Hall–Kier alpha value is -1.83. The molecule has 1 aromatic rings. The maximum Gasteiger partial charge on any atom is 0.191 e. The molecular formula is C25H43N5O2. The van der Waals surface area contributed by atoms with Crippen LogP contribution >= 0.6 is 0 Å². The van der Waals surface area contributed by atoms with Crippen molar-refractivity contribution < 1.29 is 9.47 Å². The van der Waals surface area contributed by atoms with E-state index in [-0.39, 0.29) is 6.10 Å². The maximum atomic E-state index is 6.22. The molecule has 1 unspecified atom stereocenters. The summed E-state index contributed by atoms with van der Waals surface area (Å²) in [6.45, 7) is 17.5. The van der Waals surface area contributed by atoms with Gasteiger partial charge in [-0.2, -0.15) is 0 Å². The fraction of sp³-hybridized carbons (Fsp3) is 0.720. The van der Waals surface area contributed by atoms with Gasteiger partial charge in [-0.05, 0) is 51.4 Å². The van der Waals surface area contributed by atoms with Gasteiger partial charge in [-0.25, -0.2) is 4.99 Å². The quantitative estimate of drug-likeness (QED) is 0.310. The van der Waals surface area contributed by atoms with Gasteiger partial charge in [0.2, 0.25) is 0 Å². The normalized spacial score (nSPS) is 20.5. The zero-order valence-electron chi connectivity index (χ0n) is 20.4. The van der Waals surface area contributed by atoms with Gasteiger partial charge in [-0.1, -0.05) is 19.1 Å². The zero-order valence-corrected chi connectivity index (χ0v) is 20.4. The van der Waals surface area contributed by atoms with Crippen molar-refractivity contribution in [3.8, 4) is 5.75 Å². The molecule has 0 aromatic heterocycles. The second-order valence-electron chi connectivity index (χ2n) is 8.82. The number of likely N-dealkylation sites (N-methyl/N-ethyl adjacent to an activating group) is 1. The number of nitrogens with one attached hydrogen (secondary N) is 2. The van der Waals surface area contributed by atoms with Crippen LogP contribution < -0.4 is 15.4 Å². The van der Waals surface area contributed by atoms with Gasteiger partial charge < -0.3 is 29.9 Å². The lowest BCUT2D eigenvalue weighted by Gasteiger charge is -2.34. The van der Waals surface area contributed by atoms with Crippen LogP contribution in [0.3, 0.4) is 0 Å². The molecule has 180 valence electrons. The molecule has 2 aliphatic rings. The number of rotatable bonds is 11. The van der Waals surface area contributed by atoms with E-state index in [9.17, 15) is 0 Å². The predicted octanol–water partition coefficient (Wildman–Crippen LogP) is 2.64. The Balaban J connectivity index is 1.43. The summed E-state index contributed by atoms with van der Waals surface area (Å²) in [5.41, 5.74) is 2.32. The SMILES string of the molecule is CCNC(=NCc1ccc(C)cc1OC1CCOC1)NCCCCN1CCN(CC)CC1. The Morgan fingerprint density at radius 2 is 1.94 bits per heavy atom. The standard InChI is InChI=1S/C25H43N5O2/c1-4-26-25(27-11-6-7-12-30-15-13-29(5-2)14-16-30)28-19-22-9-8-21(3)18-24(22)32-23-10-17-31-20-23/h8-9,18,23H,4-7,10-17,19-20H2,1-3H3,(H2,26,27,28). The summed E-state index contributed by atoms with van der Waals surface area (Å²) >= 11 is 0. The molecular weight excluding hydrogens is 402 g/mol. The van der Waals surface area contributed by atoms with Gasteiger partial charge in [-0.15, -0.1) is 0 Å². The Labute approximate surface area is 194 Å². The highest BCUT2D eigenvalue weighted by atomic mass is 16.5. The molecule has 2 N–H and O–H groups in total. The summed E-state index contributed by atoms with van der Waals surface area (Å²) in [6, 6.07) is 6.37. The molecule has 2 saturated heterocycles. The van der Waals surface area contributed by atoms with E-state index in [0.717, 1.165) is 49.8 Å². The van der Waals surface area contributed by atoms with Crippen LogP contribution in [-0.4, -0.2) is 87.4 Å².